The number of H-pyrrole nitrogens is 2. The Balaban J connectivity index is 1.65. The Bertz CT molecular complexity index is 722. The zero-order chi connectivity index (χ0) is 13.6. The second kappa shape index (κ2) is 4.26. The van der Waals surface area contributed by atoms with Crippen LogP contribution in [0, 0.1) is 0 Å². The van der Waals surface area contributed by atoms with E-state index in [2.05, 4.69) is 25.1 Å². The number of rotatable bonds is 3. The number of hydrogen-bond donors (Lipinski definition) is 3. The van der Waals surface area contributed by atoms with Gasteiger partial charge in [0.1, 0.15) is 11.5 Å². The summed E-state index contributed by atoms with van der Waals surface area (Å²) in [5.74, 6) is 2.23. The smallest absolute Gasteiger partial charge is 0.199 e. The Hall–Kier alpha value is -1.99. The Morgan fingerprint density at radius 3 is 2.95 bits per heavy atom. The van der Waals surface area contributed by atoms with E-state index < -0.39 is 0 Å². The van der Waals surface area contributed by atoms with E-state index in [0.717, 1.165) is 41.5 Å². The molecule has 0 spiro atoms. The van der Waals surface area contributed by atoms with E-state index in [1.807, 2.05) is 17.5 Å². The van der Waals surface area contributed by atoms with Crippen molar-refractivity contribution in [2.75, 3.05) is 0 Å². The third kappa shape index (κ3) is 1.78. The van der Waals surface area contributed by atoms with Crippen molar-refractivity contribution in [3.63, 3.8) is 0 Å². The second-order valence-corrected chi connectivity index (χ2v) is 6.09. The van der Waals surface area contributed by atoms with E-state index in [-0.39, 0.29) is 5.54 Å². The van der Waals surface area contributed by atoms with Gasteiger partial charge >= 0.3 is 0 Å². The maximum Gasteiger partial charge on any atom is 0.199 e. The maximum absolute atomic E-state index is 6.26. The highest BCUT2D eigenvalue weighted by molar-refractivity contribution is 7.13. The van der Waals surface area contributed by atoms with E-state index in [1.165, 1.54) is 0 Å². The summed E-state index contributed by atoms with van der Waals surface area (Å²) in [5.41, 5.74) is 6.77. The van der Waals surface area contributed by atoms with Gasteiger partial charge < -0.3 is 10.7 Å². The largest absolute Gasteiger partial charge is 0.338 e. The molecule has 3 aromatic heterocycles. The Morgan fingerprint density at radius 2 is 2.25 bits per heavy atom. The highest BCUT2D eigenvalue weighted by Gasteiger charge is 2.37. The van der Waals surface area contributed by atoms with Crippen LogP contribution in [0.4, 0.5) is 0 Å². The third-order valence-corrected chi connectivity index (χ3v) is 4.65. The molecule has 0 bridgehead atoms. The lowest BCUT2D eigenvalue weighted by molar-refractivity contribution is 0.240. The van der Waals surface area contributed by atoms with Crippen LogP contribution in [0.2, 0.25) is 0 Å². The van der Waals surface area contributed by atoms with Gasteiger partial charge in [-0.25, -0.2) is 9.97 Å². The highest BCUT2D eigenvalue weighted by Crippen LogP contribution is 2.37. The van der Waals surface area contributed by atoms with Crippen molar-refractivity contribution in [1.82, 2.24) is 25.1 Å². The van der Waals surface area contributed by atoms with Crippen LogP contribution < -0.4 is 5.73 Å². The molecule has 3 heterocycles. The number of imidazole rings is 1. The third-order valence-electron chi connectivity index (χ3n) is 3.77. The van der Waals surface area contributed by atoms with Crippen LogP contribution in [0.5, 0.6) is 0 Å². The summed E-state index contributed by atoms with van der Waals surface area (Å²) in [6, 6.07) is 4.00. The normalized spacial score (nSPS) is 17.1. The van der Waals surface area contributed by atoms with Gasteiger partial charge in [0, 0.05) is 0 Å². The van der Waals surface area contributed by atoms with E-state index in [4.69, 9.17) is 5.73 Å². The van der Waals surface area contributed by atoms with Crippen molar-refractivity contribution in [3.8, 4) is 22.2 Å². The molecule has 1 saturated carbocycles. The summed E-state index contributed by atoms with van der Waals surface area (Å²) in [6.07, 6.45) is 4.88. The zero-order valence-electron chi connectivity index (χ0n) is 10.8. The van der Waals surface area contributed by atoms with Crippen molar-refractivity contribution in [2.24, 2.45) is 5.73 Å². The molecule has 6 nitrogen and oxygen atoms in total. The lowest BCUT2D eigenvalue weighted by Crippen LogP contribution is -2.44. The average Bonchev–Trinajstić information content (AvgIpc) is 3.13. The first kappa shape index (κ1) is 11.8. The van der Waals surface area contributed by atoms with Crippen LogP contribution in [0.15, 0.2) is 23.7 Å². The topological polar surface area (TPSA) is 96.3 Å². The van der Waals surface area contributed by atoms with Gasteiger partial charge in [-0.2, -0.15) is 5.10 Å². The van der Waals surface area contributed by atoms with Crippen LogP contribution in [0.3, 0.4) is 0 Å². The maximum atomic E-state index is 6.26. The predicted molar refractivity (Wildman–Crippen MR) is 77.0 cm³/mol. The number of aromatic nitrogens is 5. The number of nitrogens with two attached hydrogens (primary N) is 1. The van der Waals surface area contributed by atoms with Gasteiger partial charge in [-0.15, -0.1) is 11.3 Å². The molecule has 0 saturated heterocycles. The van der Waals surface area contributed by atoms with Gasteiger partial charge in [-0.05, 0) is 30.7 Å². The first-order chi connectivity index (χ1) is 9.74. The van der Waals surface area contributed by atoms with E-state index in [9.17, 15) is 0 Å². The minimum atomic E-state index is -0.287. The lowest BCUT2D eigenvalue weighted by Gasteiger charge is -2.35. The van der Waals surface area contributed by atoms with Crippen LogP contribution in [-0.2, 0) is 5.54 Å². The van der Waals surface area contributed by atoms with Crippen LogP contribution in [0.1, 0.15) is 25.1 Å². The number of aromatic amines is 2. The van der Waals surface area contributed by atoms with Crippen LogP contribution in [0.25, 0.3) is 22.2 Å². The lowest BCUT2D eigenvalue weighted by atomic mass is 9.77. The van der Waals surface area contributed by atoms with E-state index in [0.29, 0.717) is 5.82 Å². The Morgan fingerprint density at radius 1 is 1.35 bits per heavy atom. The summed E-state index contributed by atoms with van der Waals surface area (Å²) in [4.78, 5) is 13.2. The monoisotopic (exact) mass is 286 g/mol. The SMILES string of the molecule is NC1(c2ncc(-c3n[nH]c(-c4cccs4)n3)[nH]2)CCC1. The molecule has 1 aliphatic rings. The Kier molecular flexibility index (Phi) is 2.51. The number of hydrogen-bond acceptors (Lipinski definition) is 5. The van der Waals surface area contributed by atoms with Gasteiger partial charge in [0.15, 0.2) is 11.6 Å². The molecule has 0 radical (unpaired) electrons. The molecule has 0 unspecified atom stereocenters. The molecule has 0 aromatic carbocycles. The van der Waals surface area contributed by atoms with Crippen LogP contribution in [-0.4, -0.2) is 25.1 Å². The molecule has 4 N–H and O–H groups in total. The highest BCUT2D eigenvalue weighted by atomic mass is 32.1. The number of thiophene rings is 1. The first-order valence-electron chi connectivity index (χ1n) is 6.56. The van der Waals surface area contributed by atoms with Crippen molar-refractivity contribution in [3.05, 3.63) is 29.5 Å². The molecule has 1 aliphatic carbocycles. The van der Waals surface area contributed by atoms with Gasteiger partial charge in [0.25, 0.3) is 0 Å². The average molecular weight is 286 g/mol. The fraction of sp³-hybridized carbons (Fsp3) is 0.308. The van der Waals surface area contributed by atoms with Gasteiger partial charge in [0.05, 0.1) is 16.6 Å². The first-order valence-corrected chi connectivity index (χ1v) is 7.44. The predicted octanol–water partition coefficient (Wildman–Crippen LogP) is 2.26. The summed E-state index contributed by atoms with van der Waals surface area (Å²) >= 11 is 1.63. The molecule has 0 aliphatic heterocycles. The molecular weight excluding hydrogens is 272 g/mol. The zero-order valence-corrected chi connectivity index (χ0v) is 11.6. The number of nitrogens with one attached hydrogen (secondary N) is 2. The molecular formula is C13H14N6S. The van der Waals surface area contributed by atoms with E-state index >= 15 is 0 Å². The Labute approximate surface area is 119 Å². The summed E-state index contributed by atoms with van der Waals surface area (Å²) < 4.78 is 0. The second-order valence-electron chi connectivity index (χ2n) is 5.14. The summed E-state index contributed by atoms with van der Waals surface area (Å²) in [6.45, 7) is 0. The molecule has 0 amide bonds. The molecule has 1 fully saturated rings. The van der Waals surface area contributed by atoms with Crippen molar-refractivity contribution in [1.29, 1.82) is 0 Å². The minimum absolute atomic E-state index is 0.287. The summed E-state index contributed by atoms with van der Waals surface area (Å²) in [5, 5.41) is 9.21. The fourth-order valence-electron chi connectivity index (χ4n) is 2.39. The van der Waals surface area contributed by atoms with Gasteiger partial charge in [-0.1, -0.05) is 6.07 Å². The van der Waals surface area contributed by atoms with Gasteiger partial charge in [-0.3, -0.25) is 5.10 Å². The number of nitrogens with zero attached hydrogens (tertiary/aromatic N) is 3. The minimum Gasteiger partial charge on any atom is -0.338 e. The molecule has 102 valence electrons. The van der Waals surface area contributed by atoms with Crippen LogP contribution >= 0.6 is 11.3 Å². The fourth-order valence-corrected chi connectivity index (χ4v) is 3.05. The standard InChI is InChI=1S/C13H14N6S/c14-13(4-2-5-13)12-15-7-8(16-12)10-17-11(19-18-10)9-3-1-6-20-9/h1,3,6-7H,2,4-5,14H2,(H,15,16)(H,17,18,19). The molecule has 20 heavy (non-hydrogen) atoms. The molecule has 7 heteroatoms. The van der Waals surface area contributed by atoms with Crippen molar-refractivity contribution >= 4 is 11.3 Å². The van der Waals surface area contributed by atoms with E-state index in [1.54, 1.807) is 17.5 Å². The molecule has 3 aromatic rings. The van der Waals surface area contributed by atoms with Crippen molar-refractivity contribution < 1.29 is 0 Å². The van der Waals surface area contributed by atoms with Crippen molar-refractivity contribution in [2.45, 2.75) is 24.8 Å². The molecule has 4 rings (SSSR count). The van der Waals surface area contributed by atoms with Gasteiger partial charge in [0.2, 0.25) is 0 Å². The summed E-state index contributed by atoms with van der Waals surface area (Å²) in [7, 11) is 0. The quantitative estimate of drug-likeness (QED) is 0.688. The molecule has 0 atom stereocenters.